The van der Waals surface area contributed by atoms with Crippen LogP contribution in [-0.2, 0) is 6.42 Å². The van der Waals surface area contributed by atoms with Crippen molar-refractivity contribution in [2.75, 3.05) is 6.54 Å². The summed E-state index contributed by atoms with van der Waals surface area (Å²) in [6.07, 6.45) is 0.792. The highest BCUT2D eigenvalue weighted by molar-refractivity contribution is 5.91. The van der Waals surface area contributed by atoms with E-state index in [1.807, 2.05) is 0 Å². The first-order chi connectivity index (χ1) is 11.3. The zero-order chi connectivity index (χ0) is 18.1. The zero-order valence-electron chi connectivity index (χ0n) is 12.7. The third-order valence-corrected chi connectivity index (χ3v) is 3.01. The summed E-state index contributed by atoms with van der Waals surface area (Å²) in [4.78, 5) is 31.1. The third-order valence-electron chi connectivity index (χ3n) is 3.01. The molecule has 0 bridgehead atoms. The fourth-order valence-electron chi connectivity index (χ4n) is 1.74. The molecule has 0 fully saturated rings. The molecule has 0 heterocycles. The molecule has 7 nitrogen and oxygen atoms in total. The molecule has 0 saturated heterocycles. The highest BCUT2D eigenvalue weighted by Gasteiger charge is 2.04. The smallest absolute Gasteiger partial charge is 0.335 e. The van der Waals surface area contributed by atoms with Crippen molar-refractivity contribution >= 4 is 17.9 Å². The van der Waals surface area contributed by atoms with E-state index in [4.69, 9.17) is 21.1 Å². The molecule has 0 aliphatic rings. The largest absolute Gasteiger partial charge is 0.478 e. The Balaban J connectivity index is 0.000000240. The van der Waals surface area contributed by atoms with Crippen molar-refractivity contribution in [2.45, 2.75) is 6.42 Å². The average Bonchev–Trinajstić information content (AvgIpc) is 2.56. The molecule has 2 aromatic rings. The molecule has 0 radical (unpaired) electrons. The lowest BCUT2D eigenvalue weighted by Crippen LogP contribution is -2.03. The highest BCUT2D eigenvalue weighted by atomic mass is 16.4. The SMILES string of the molecule is NCCc1ccc(C(=O)O)cc1.O=C(O)c1ccc(C(=O)O)cc1. The van der Waals surface area contributed by atoms with Gasteiger partial charge in [0.1, 0.15) is 0 Å². The fraction of sp³-hybridized carbons (Fsp3) is 0.118. The van der Waals surface area contributed by atoms with Gasteiger partial charge in [-0.25, -0.2) is 14.4 Å². The number of carboxylic acid groups (broad SMARTS) is 3. The topological polar surface area (TPSA) is 138 Å². The van der Waals surface area contributed by atoms with Gasteiger partial charge in [0, 0.05) is 0 Å². The minimum Gasteiger partial charge on any atom is -0.478 e. The Bertz CT molecular complexity index is 674. The van der Waals surface area contributed by atoms with Crippen molar-refractivity contribution < 1.29 is 29.7 Å². The van der Waals surface area contributed by atoms with Crippen LogP contribution in [0.2, 0.25) is 0 Å². The monoisotopic (exact) mass is 331 g/mol. The molecule has 0 atom stereocenters. The normalized spacial score (nSPS) is 9.54. The molecule has 0 aliphatic heterocycles. The van der Waals surface area contributed by atoms with Crippen LogP contribution in [0.3, 0.4) is 0 Å². The van der Waals surface area contributed by atoms with Crippen LogP contribution in [0, 0.1) is 0 Å². The van der Waals surface area contributed by atoms with Crippen LogP contribution in [0.25, 0.3) is 0 Å². The fourth-order valence-corrected chi connectivity index (χ4v) is 1.74. The van der Waals surface area contributed by atoms with Gasteiger partial charge in [0.05, 0.1) is 16.7 Å². The highest BCUT2D eigenvalue weighted by Crippen LogP contribution is 2.04. The van der Waals surface area contributed by atoms with Gasteiger partial charge in [0.15, 0.2) is 0 Å². The van der Waals surface area contributed by atoms with Crippen LogP contribution in [0.15, 0.2) is 48.5 Å². The lowest BCUT2D eigenvalue weighted by Gasteiger charge is -1.98. The predicted molar refractivity (Wildman–Crippen MR) is 86.5 cm³/mol. The second-order valence-corrected chi connectivity index (χ2v) is 4.73. The van der Waals surface area contributed by atoms with Gasteiger partial charge < -0.3 is 21.1 Å². The maximum Gasteiger partial charge on any atom is 0.335 e. The number of carbonyl (C=O) groups is 3. The number of hydrogen-bond acceptors (Lipinski definition) is 4. The summed E-state index contributed by atoms with van der Waals surface area (Å²) >= 11 is 0. The Labute approximate surface area is 138 Å². The Morgan fingerprint density at radius 1 is 0.667 bits per heavy atom. The molecule has 7 heteroatoms. The Morgan fingerprint density at radius 2 is 0.958 bits per heavy atom. The molecule has 2 aromatic carbocycles. The molecule has 126 valence electrons. The first-order valence-corrected chi connectivity index (χ1v) is 6.94. The van der Waals surface area contributed by atoms with E-state index in [9.17, 15) is 14.4 Å². The van der Waals surface area contributed by atoms with Crippen LogP contribution in [0.4, 0.5) is 0 Å². The molecule has 24 heavy (non-hydrogen) atoms. The first kappa shape index (κ1) is 18.9. The summed E-state index contributed by atoms with van der Waals surface area (Å²) in [7, 11) is 0. The second kappa shape index (κ2) is 9.06. The number of benzene rings is 2. The average molecular weight is 331 g/mol. The van der Waals surface area contributed by atoms with Crippen LogP contribution < -0.4 is 5.73 Å². The van der Waals surface area contributed by atoms with Crippen molar-refractivity contribution in [1.82, 2.24) is 0 Å². The molecule has 0 aromatic heterocycles. The number of nitrogens with two attached hydrogens (primary N) is 1. The molecule has 0 saturated carbocycles. The molecule has 5 N–H and O–H groups in total. The summed E-state index contributed by atoms with van der Waals surface area (Å²) in [5.41, 5.74) is 6.90. The molecular weight excluding hydrogens is 314 g/mol. The molecule has 0 aliphatic carbocycles. The lowest BCUT2D eigenvalue weighted by molar-refractivity contribution is 0.0681. The van der Waals surface area contributed by atoms with Gasteiger partial charge in [0.2, 0.25) is 0 Å². The maximum atomic E-state index is 10.4. The Kier molecular flexibility index (Phi) is 7.12. The van der Waals surface area contributed by atoms with Gasteiger partial charge in [0.25, 0.3) is 0 Å². The molecule has 0 spiro atoms. The minimum atomic E-state index is -1.06. The van der Waals surface area contributed by atoms with Crippen LogP contribution in [-0.4, -0.2) is 39.8 Å². The van der Waals surface area contributed by atoms with Gasteiger partial charge in [-0.3, -0.25) is 0 Å². The Morgan fingerprint density at radius 3 is 1.21 bits per heavy atom. The van der Waals surface area contributed by atoms with E-state index in [0.29, 0.717) is 12.1 Å². The molecule has 0 amide bonds. The molecule has 0 unspecified atom stereocenters. The van der Waals surface area contributed by atoms with Gasteiger partial charge in [-0.2, -0.15) is 0 Å². The zero-order valence-corrected chi connectivity index (χ0v) is 12.7. The summed E-state index contributed by atoms with van der Waals surface area (Å²) in [6.45, 7) is 0.590. The van der Waals surface area contributed by atoms with E-state index < -0.39 is 17.9 Å². The van der Waals surface area contributed by atoms with Crippen molar-refractivity contribution in [3.8, 4) is 0 Å². The minimum absolute atomic E-state index is 0.0833. The van der Waals surface area contributed by atoms with Gasteiger partial charge in [-0.15, -0.1) is 0 Å². The van der Waals surface area contributed by atoms with Crippen LogP contribution in [0.5, 0.6) is 0 Å². The van der Waals surface area contributed by atoms with Gasteiger partial charge in [-0.1, -0.05) is 12.1 Å². The first-order valence-electron chi connectivity index (χ1n) is 6.94. The van der Waals surface area contributed by atoms with E-state index in [1.54, 1.807) is 24.3 Å². The van der Waals surface area contributed by atoms with Crippen molar-refractivity contribution in [3.63, 3.8) is 0 Å². The van der Waals surface area contributed by atoms with E-state index >= 15 is 0 Å². The van der Waals surface area contributed by atoms with Crippen LogP contribution >= 0.6 is 0 Å². The second-order valence-electron chi connectivity index (χ2n) is 4.73. The van der Waals surface area contributed by atoms with E-state index in [0.717, 1.165) is 12.0 Å². The number of rotatable bonds is 5. The summed E-state index contributed by atoms with van der Waals surface area (Å²) in [5, 5.41) is 25.5. The quantitative estimate of drug-likeness (QED) is 0.657. The van der Waals surface area contributed by atoms with Crippen molar-refractivity contribution in [2.24, 2.45) is 5.73 Å². The third kappa shape index (κ3) is 5.90. The van der Waals surface area contributed by atoms with E-state index in [2.05, 4.69) is 0 Å². The molecular formula is C17H17NO6. The molecule has 2 rings (SSSR count). The predicted octanol–water partition coefficient (Wildman–Crippen LogP) is 1.97. The Hall–Kier alpha value is -3.19. The number of aromatic carboxylic acids is 3. The number of carboxylic acids is 3. The summed E-state index contributed by atoms with van der Waals surface area (Å²) in [6, 6.07) is 11.8. The van der Waals surface area contributed by atoms with Gasteiger partial charge >= 0.3 is 17.9 Å². The summed E-state index contributed by atoms with van der Waals surface area (Å²) < 4.78 is 0. The van der Waals surface area contributed by atoms with Crippen molar-refractivity contribution in [1.29, 1.82) is 0 Å². The van der Waals surface area contributed by atoms with Crippen molar-refractivity contribution in [3.05, 3.63) is 70.8 Å². The maximum absolute atomic E-state index is 10.4. The van der Waals surface area contributed by atoms with E-state index in [-0.39, 0.29) is 11.1 Å². The number of hydrogen-bond donors (Lipinski definition) is 4. The standard InChI is InChI=1S/C9H11NO2.C8H6O4/c10-6-5-7-1-3-8(4-2-7)9(11)12;9-7(10)5-1-2-6(4-3-5)8(11)12/h1-4H,5-6,10H2,(H,11,12);1-4H,(H,9,10)(H,11,12). The van der Waals surface area contributed by atoms with Gasteiger partial charge in [-0.05, 0) is 54.9 Å². The van der Waals surface area contributed by atoms with E-state index in [1.165, 1.54) is 24.3 Å². The van der Waals surface area contributed by atoms with Crippen LogP contribution in [0.1, 0.15) is 36.6 Å². The lowest BCUT2D eigenvalue weighted by atomic mass is 10.1. The summed E-state index contributed by atoms with van der Waals surface area (Å²) in [5.74, 6) is -3.02.